The fraction of sp³-hybridized carbons (Fsp3) is 0.500. The van der Waals surface area contributed by atoms with Crippen LogP contribution in [-0.4, -0.2) is 42.5 Å². The van der Waals surface area contributed by atoms with Crippen molar-refractivity contribution in [3.05, 3.63) is 34.4 Å². The molecule has 0 bridgehead atoms. The number of benzene rings is 1. The number of piperazine rings is 1. The molecule has 106 valence electrons. The molecule has 0 aromatic heterocycles. The zero-order valence-corrected chi connectivity index (χ0v) is 11.5. The molecular weight excluding hydrogens is 256 g/mol. The zero-order valence-electron chi connectivity index (χ0n) is 11.5. The van der Waals surface area contributed by atoms with Crippen LogP contribution in [0, 0.1) is 27.4 Å². The summed E-state index contributed by atoms with van der Waals surface area (Å²) < 4.78 is 0. The van der Waals surface area contributed by atoms with Crippen molar-refractivity contribution in [1.29, 1.82) is 5.26 Å². The van der Waals surface area contributed by atoms with Crippen molar-refractivity contribution in [2.75, 3.05) is 37.6 Å². The monoisotopic (exact) mass is 274 g/mol. The second-order valence-corrected chi connectivity index (χ2v) is 5.09. The third-order valence-corrected chi connectivity index (χ3v) is 3.55. The number of hydrogen-bond donors (Lipinski definition) is 0. The van der Waals surface area contributed by atoms with Crippen molar-refractivity contribution in [3.63, 3.8) is 0 Å². The van der Waals surface area contributed by atoms with Gasteiger partial charge in [0.25, 0.3) is 5.69 Å². The molecule has 1 fully saturated rings. The maximum absolute atomic E-state index is 10.6. The van der Waals surface area contributed by atoms with Gasteiger partial charge in [-0.25, -0.2) is 0 Å². The zero-order chi connectivity index (χ0) is 14.5. The Morgan fingerprint density at radius 1 is 1.30 bits per heavy atom. The molecule has 6 heteroatoms. The molecule has 0 amide bonds. The minimum absolute atomic E-state index is 0.0564. The number of nitrogens with zero attached hydrogens (tertiary/aromatic N) is 4. The van der Waals surface area contributed by atoms with E-state index in [1.54, 1.807) is 24.3 Å². The molecular formula is C14H18N4O2. The van der Waals surface area contributed by atoms with Crippen LogP contribution in [-0.2, 0) is 0 Å². The van der Waals surface area contributed by atoms with Crippen LogP contribution in [0.2, 0.25) is 0 Å². The molecule has 1 atom stereocenters. The Hall–Kier alpha value is -2.13. The van der Waals surface area contributed by atoms with Gasteiger partial charge < -0.3 is 4.90 Å². The van der Waals surface area contributed by atoms with Crippen LogP contribution in [0.1, 0.15) is 6.92 Å². The molecule has 1 unspecified atom stereocenters. The van der Waals surface area contributed by atoms with E-state index in [-0.39, 0.29) is 16.5 Å². The Bertz CT molecular complexity index is 501. The molecule has 1 aliphatic rings. The van der Waals surface area contributed by atoms with E-state index in [1.807, 2.05) is 6.92 Å². The van der Waals surface area contributed by atoms with Gasteiger partial charge in [0.15, 0.2) is 0 Å². The van der Waals surface area contributed by atoms with Crippen LogP contribution >= 0.6 is 0 Å². The number of nitro benzene ring substituents is 1. The predicted octanol–water partition coefficient (Wildman–Crippen LogP) is 1.88. The Morgan fingerprint density at radius 3 is 2.40 bits per heavy atom. The van der Waals surface area contributed by atoms with Crippen molar-refractivity contribution in [2.45, 2.75) is 6.92 Å². The fourth-order valence-electron chi connectivity index (χ4n) is 2.40. The van der Waals surface area contributed by atoms with E-state index >= 15 is 0 Å². The first-order valence-corrected chi connectivity index (χ1v) is 6.71. The van der Waals surface area contributed by atoms with Crippen LogP contribution in [0.25, 0.3) is 0 Å². The van der Waals surface area contributed by atoms with Gasteiger partial charge in [-0.1, -0.05) is 0 Å². The third kappa shape index (κ3) is 3.45. The summed E-state index contributed by atoms with van der Waals surface area (Å²) in [4.78, 5) is 14.7. The molecule has 0 radical (unpaired) electrons. The molecule has 1 heterocycles. The second-order valence-electron chi connectivity index (χ2n) is 5.09. The first-order chi connectivity index (χ1) is 9.60. The summed E-state index contributed by atoms with van der Waals surface area (Å²) in [6.45, 7) is 6.35. The molecule has 6 nitrogen and oxygen atoms in total. The largest absolute Gasteiger partial charge is 0.369 e. The maximum Gasteiger partial charge on any atom is 0.269 e. The summed E-state index contributed by atoms with van der Waals surface area (Å²) in [5.74, 6) is 0.0564. The highest BCUT2D eigenvalue weighted by atomic mass is 16.6. The highest BCUT2D eigenvalue weighted by Gasteiger charge is 2.19. The molecule has 2 rings (SSSR count). The van der Waals surface area contributed by atoms with E-state index in [9.17, 15) is 10.1 Å². The van der Waals surface area contributed by atoms with E-state index in [0.29, 0.717) is 0 Å². The normalized spacial score (nSPS) is 17.5. The standard InChI is InChI=1S/C14H18N4O2/c1-12(10-15)11-16-6-8-17(9-7-16)13-2-4-14(5-3-13)18(19)20/h2-5,12H,6-9,11H2,1H3. The third-order valence-electron chi connectivity index (χ3n) is 3.55. The molecule has 20 heavy (non-hydrogen) atoms. The first kappa shape index (κ1) is 14.3. The van der Waals surface area contributed by atoms with Gasteiger partial charge in [-0.3, -0.25) is 15.0 Å². The second kappa shape index (κ2) is 6.35. The van der Waals surface area contributed by atoms with Crippen molar-refractivity contribution < 1.29 is 4.92 Å². The van der Waals surface area contributed by atoms with Gasteiger partial charge in [0.1, 0.15) is 0 Å². The molecule has 0 saturated carbocycles. The maximum atomic E-state index is 10.6. The van der Waals surface area contributed by atoms with Gasteiger partial charge in [0.05, 0.1) is 16.9 Å². The van der Waals surface area contributed by atoms with E-state index < -0.39 is 0 Å². The van der Waals surface area contributed by atoms with Crippen molar-refractivity contribution in [1.82, 2.24) is 4.90 Å². The van der Waals surface area contributed by atoms with Crippen LogP contribution < -0.4 is 4.90 Å². The van der Waals surface area contributed by atoms with Gasteiger partial charge in [-0.2, -0.15) is 5.26 Å². The smallest absolute Gasteiger partial charge is 0.269 e. The van der Waals surface area contributed by atoms with E-state index in [2.05, 4.69) is 15.9 Å². The Labute approximate surface area is 118 Å². The van der Waals surface area contributed by atoms with Gasteiger partial charge in [0, 0.05) is 50.5 Å². The lowest BCUT2D eigenvalue weighted by molar-refractivity contribution is -0.384. The topological polar surface area (TPSA) is 73.4 Å². The lowest BCUT2D eigenvalue weighted by atomic mass is 10.1. The van der Waals surface area contributed by atoms with E-state index in [0.717, 1.165) is 38.4 Å². The molecule has 0 N–H and O–H groups in total. The van der Waals surface area contributed by atoms with Crippen molar-refractivity contribution >= 4 is 11.4 Å². The molecule has 1 aromatic rings. The van der Waals surface area contributed by atoms with Crippen molar-refractivity contribution in [2.24, 2.45) is 5.92 Å². The fourth-order valence-corrected chi connectivity index (χ4v) is 2.40. The average Bonchev–Trinajstić information content (AvgIpc) is 2.48. The van der Waals surface area contributed by atoms with Crippen LogP contribution in [0.5, 0.6) is 0 Å². The summed E-state index contributed by atoms with van der Waals surface area (Å²) >= 11 is 0. The summed E-state index contributed by atoms with van der Waals surface area (Å²) in [7, 11) is 0. The summed E-state index contributed by atoms with van der Waals surface area (Å²) in [5, 5.41) is 19.4. The van der Waals surface area contributed by atoms with Gasteiger partial charge in [-0.15, -0.1) is 0 Å². The number of hydrogen-bond acceptors (Lipinski definition) is 5. The lowest BCUT2D eigenvalue weighted by Crippen LogP contribution is -2.47. The first-order valence-electron chi connectivity index (χ1n) is 6.71. The van der Waals surface area contributed by atoms with Crippen LogP contribution in [0.4, 0.5) is 11.4 Å². The number of non-ortho nitro benzene ring substituents is 1. The molecule has 1 saturated heterocycles. The molecule has 0 aliphatic carbocycles. The van der Waals surface area contributed by atoms with Crippen molar-refractivity contribution in [3.8, 4) is 6.07 Å². The highest BCUT2D eigenvalue weighted by Crippen LogP contribution is 2.20. The number of nitriles is 1. The molecule has 1 aliphatic heterocycles. The van der Waals surface area contributed by atoms with Crippen LogP contribution in [0.15, 0.2) is 24.3 Å². The van der Waals surface area contributed by atoms with Gasteiger partial charge in [-0.05, 0) is 19.1 Å². The van der Waals surface area contributed by atoms with Gasteiger partial charge >= 0.3 is 0 Å². The van der Waals surface area contributed by atoms with E-state index in [4.69, 9.17) is 5.26 Å². The Balaban J connectivity index is 1.90. The quantitative estimate of drug-likeness (QED) is 0.619. The summed E-state index contributed by atoms with van der Waals surface area (Å²) in [6.07, 6.45) is 0. The number of anilines is 1. The highest BCUT2D eigenvalue weighted by molar-refractivity contribution is 5.51. The van der Waals surface area contributed by atoms with Crippen LogP contribution in [0.3, 0.4) is 0 Å². The minimum Gasteiger partial charge on any atom is -0.369 e. The Kier molecular flexibility index (Phi) is 4.53. The SMILES string of the molecule is CC(C#N)CN1CCN(c2ccc([N+](=O)[O-])cc2)CC1. The number of rotatable bonds is 4. The molecule has 1 aromatic carbocycles. The van der Waals surface area contributed by atoms with E-state index in [1.165, 1.54) is 0 Å². The lowest BCUT2D eigenvalue weighted by Gasteiger charge is -2.36. The predicted molar refractivity (Wildman–Crippen MR) is 76.5 cm³/mol. The average molecular weight is 274 g/mol. The Morgan fingerprint density at radius 2 is 1.90 bits per heavy atom. The number of nitro groups is 1. The molecule has 0 spiro atoms. The van der Waals surface area contributed by atoms with Gasteiger partial charge in [0.2, 0.25) is 0 Å². The minimum atomic E-state index is -0.384. The summed E-state index contributed by atoms with van der Waals surface area (Å²) in [6, 6.07) is 8.93. The summed E-state index contributed by atoms with van der Waals surface area (Å²) in [5.41, 5.74) is 1.14.